The summed E-state index contributed by atoms with van der Waals surface area (Å²) in [5.74, 6) is -0.896. The molecule has 1 atom stereocenters. The molecule has 0 radical (unpaired) electrons. The van der Waals surface area contributed by atoms with E-state index >= 15 is 0 Å². The van der Waals surface area contributed by atoms with Crippen molar-refractivity contribution in [2.24, 2.45) is 4.99 Å². The van der Waals surface area contributed by atoms with Gasteiger partial charge in [-0.3, -0.25) is 14.6 Å². The first-order chi connectivity index (χ1) is 14.3. The van der Waals surface area contributed by atoms with Gasteiger partial charge in [-0.2, -0.15) is 0 Å². The van der Waals surface area contributed by atoms with Crippen LogP contribution in [0.25, 0.3) is 0 Å². The highest BCUT2D eigenvalue weighted by Gasteiger charge is 2.39. The Labute approximate surface area is 170 Å². The highest BCUT2D eigenvalue weighted by molar-refractivity contribution is 6.28. The number of aliphatic imine (C=N–C) groups is 1. The van der Waals surface area contributed by atoms with Gasteiger partial charge in [-0.05, 0) is 23.8 Å². The molecule has 7 heteroatoms. The molecule has 2 aliphatic heterocycles. The number of fused-ring (bicyclic) bond motifs is 1. The molecule has 1 N–H and O–H groups in total. The quantitative estimate of drug-likeness (QED) is 0.446. The van der Waals surface area contributed by atoms with Gasteiger partial charge in [0.05, 0.1) is 25.7 Å². The second kappa shape index (κ2) is 9.07. The Kier molecular flexibility index (Phi) is 6.07. The Morgan fingerprint density at radius 2 is 1.93 bits per heavy atom. The van der Waals surface area contributed by atoms with Crippen LogP contribution in [0, 0.1) is 0 Å². The third kappa shape index (κ3) is 4.26. The standard InChI is InChI=1S/C22H24N4O3/c27-21-18-7-2-1-6-17(18)19(22(28)26(21)20-8-3-4-10-24-20)16-23-9-5-11-25-12-14-29-15-13-25/h1-4,6-8,10,16,19H,5,9,11-15H2/p+1/t19-/m1/s1. The van der Waals surface area contributed by atoms with Crippen molar-refractivity contribution in [2.75, 3.05) is 44.3 Å². The minimum absolute atomic E-state index is 0.310. The van der Waals surface area contributed by atoms with E-state index in [-0.39, 0.29) is 11.8 Å². The number of morpholine rings is 1. The predicted molar refractivity (Wildman–Crippen MR) is 110 cm³/mol. The first kappa shape index (κ1) is 19.4. The molecule has 1 saturated heterocycles. The summed E-state index contributed by atoms with van der Waals surface area (Å²) in [6.45, 7) is 5.44. The Balaban J connectivity index is 1.49. The lowest BCUT2D eigenvalue weighted by Crippen LogP contribution is -3.14. The lowest BCUT2D eigenvalue weighted by atomic mass is 9.89. The van der Waals surface area contributed by atoms with Gasteiger partial charge in [0.2, 0.25) is 5.91 Å². The van der Waals surface area contributed by atoms with Gasteiger partial charge in [0.15, 0.2) is 0 Å². The van der Waals surface area contributed by atoms with Gasteiger partial charge < -0.3 is 9.64 Å². The molecule has 0 saturated carbocycles. The van der Waals surface area contributed by atoms with Gasteiger partial charge in [-0.1, -0.05) is 24.3 Å². The third-order valence-electron chi connectivity index (χ3n) is 5.37. The normalized spacial score (nSPS) is 20.3. The van der Waals surface area contributed by atoms with Crippen LogP contribution >= 0.6 is 0 Å². The number of imide groups is 1. The fourth-order valence-corrected chi connectivity index (χ4v) is 3.81. The molecule has 7 nitrogen and oxygen atoms in total. The zero-order chi connectivity index (χ0) is 20.1. The van der Waals surface area contributed by atoms with E-state index in [1.165, 1.54) is 4.90 Å². The molecule has 3 heterocycles. The number of pyridine rings is 1. The molecule has 4 rings (SSSR count). The van der Waals surface area contributed by atoms with E-state index in [4.69, 9.17) is 4.74 Å². The number of carbonyl (C=O) groups excluding carboxylic acids is 2. The van der Waals surface area contributed by atoms with Crippen LogP contribution in [0.3, 0.4) is 0 Å². The zero-order valence-electron chi connectivity index (χ0n) is 16.3. The predicted octanol–water partition coefficient (Wildman–Crippen LogP) is 0.728. The SMILES string of the molecule is O=C1c2ccccc2[C@@H](C=NCCC[NH+]2CCOCC2)C(=O)N1c1ccccn1. The second-order valence-corrected chi connectivity index (χ2v) is 7.25. The Bertz CT molecular complexity index is 894. The number of hydrogen-bond donors (Lipinski definition) is 1. The number of carbonyl (C=O) groups is 2. The summed E-state index contributed by atoms with van der Waals surface area (Å²) in [5, 5.41) is 0. The van der Waals surface area contributed by atoms with Crippen molar-refractivity contribution >= 4 is 23.8 Å². The molecule has 29 heavy (non-hydrogen) atoms. The van der Waals surface area contributed by atoms with E-state index in [0.29, 0.717) is 23.5 Å². The van der Waals surface area contributed by atoms with Gasteiger partial charge in [-0.15, -0.1) is 0 Å². The molecule has 1 aromatic carbocycles. The van der Waals surface area contributed by atoms with E-state index in [1.807, 2.05) is 18.2 Å². The smallest absolute Gasteiger partial charge is 0.266 e. The maximum atomic E-state index is 13.2. The maximum absolute atomic E-state index is 13.2. The van der Waals surface area contributed by atoms with Crippen LogP contribution in [0.2, 0.25) is 0 Å². The summed E-state index contributed by atoms with van der Waals surface area (Å²) in [7, 11) is 0. The highest BCUT2D eigenvalue weighted by Crippen LogP contribution is 2.30. The number of anilines is 1. The minimum atomic E-state index is -0.582. The van der Waals surface area contributed by atoms with Crippen molar-refractivity contribution in [3.63, 3.8) is 0 Å². The van der Waals surface area contributed by atoms with Crippen LogP contribution < -0.4 is 9.80 Å². The van der Waals surface area contributed by atoms with Crippen molar-refractivity contribution in [1.82, 2.24) is 4.98 Å². The summed E-state index contributed by atoms with van der Waals surface area (Å²) < 4.78 is 5.38. The van der Waals surface area contributed by atoms with Crippen LogP contribution in [0.4, 0.5) is 5.82 Å². The van der Waals surface area contributed by atoms with Gasteiger partial charge >= 0.3 is 0 Å². The van der Waals surface area contributed by atoms with Crippen LogP contribution in [-0.2, 0) is 9.53 Å². The summed E-state index contributed by atoms with van der Waals surface area (Å²) in [6, 6.07) is 12.4. The fourth-order valence-electron chi connectivity index (χ4n) is 3.81. The monoisotopic (exact) mass is 393 g/mol. The number of amides is 2. The number of nitrogens with one attached hydrogen (secondary N) is 1. The zero-order valence-corrected chi connectivity index (χ0v) is 16.3. The Morgan fingerprint density at radius 3 is 2.72 bits per heavy atom. The molecule has 0 spiro atoms. The van der Waals surface area contributed by atoms with Gasteiger partial charge in [0.25, 0.3) is 5.91 Å². The van der Waals surface area contributed by atoms with Crippen molar-refractivity contribution in [1.29, 1.82) is 0 Å². The van der Waals surface area contributed by atoms with E-state index in [0.717, 1.165) is 44.2 Å². The Hall–Kier alpha value is -2.90. The molecule has 0 unspecified atom stereocenters. The minimum Gasteiger partial charge on any atom is -0.370 e. The molecule has 0 bridgehead atoms. The number of ether oxygens (including phenoxy) is 1. The molecular weight excluding hydrogens is 368 g/mol. The molecule has 150 valence electrons. The van der Waals surface area contributed by atoms with Crippen molar-refractivity contribution < 1.29 is 19.2 Å². The molecule has 0 aliphatic carbocycles. The van der Waals surface area contributed by atoms with Gasteiger partial charge in [-0.25, -0.2) is 9.88 Å². The average Bonchev–Trinajstić information content (AvgIpc) is 2.77. The number of benzene rings is 1. The largest absolute Gasteiger partial charge is 0.370 e. The number of rotatable bonds is 6. The maximum Gasteiger partial charge on any atom is 0.266 e. The first-order valence-electron chi connectivity index (χ1n) is 10.1. The van der Waals surface area contributed by atoms with Gasteiger partial charge in [0, 0.05) is 30.9 Å². The second-order valence-electron chi connectivity index (χ2n) is 7.25. The van der Waals surface area contributed by atoms with Crippen molar-refractivity contribution in [3.05, 3.63) is 59.8 Å². The summed E-state index contributed by atoms with van der Waals surface area (Å²) >= 11 is 0. The van der Waals surface area contributed by atoms with Crippen LogP contribution in [0.1, 0.15) is 28.3 Å². The van der Waals surface area contributed by atoms with Gasteiger partial charge in [0.1, 0.15) is 18.9 Å². The number of aromatic nitrogens is 1. The molecule has 2 aromatic rings. The number of quaternary nitrogens is 1. The fraction of sp³-hybridized carbons (Fsp3) is 0.364. The van der Waals surface area contributed by atoms with E-state index in [1.54, 1.807) is 36.7 Å². The van der Waals surface area contributed by atoms with E-state index in [2.05, 4.69) is 9.98 Å². The average molecular weight is 393 g/mol. The van der Waals surface area contributed by atoms with Crippen molar-refractivity contribution in [3.8, 4) is 0 Å². The molecular formula is C22H25N4O3+. The van der Waals surface area contributed by atoms with Crippen molar-refractivity contribution in [2.45, 2.75) is 12.3 Å². The van der Waals surface area contributed by atoms with Crippen LogP contribution in [0.15, 0.2) is 53.7 Å². The number of hydrogen-bond acceptors (Lipinski definition) is 5. The first-order valence-corrected chi connectivity index (χ1v) is 10.1. The summed E-state index contributed by atoms with van der Waals surface area (Å²) in [5.41, 5.74) is 1.23. The summed E-state index contributed by atoms with van der Waals surface area (Å²) in [4.78, 5) is 37.5. The van der Waals surface area contributed by atoms with E-state index in [9.17, 15) is 9.59 Å². The van der Waals surface area contributed by atoms with Crippen LogP contribution in [0.5, 0.6) is 0 Å². The lowest BCUT2D eigenvalue weighted by Gasteiger charge is -2.30. The Morgan fingerprint density at radius 1 is 1.14 bits per heavy atom. The topological polar surface area (TPSA) is 76.3 Å². The molecule has 1 fully saturated rings. The molecule has 2 amide bonds. The third-order valence-corrected chi connectivity index (χ3v) is 5.37. The molecule has 1 aromatic heterocycles. The van der Waals surface area contributed by atoms with E-state index < -0.39 is 5.92 Å². The lowest BCUT2D eigenvalue weighted by molar-refractivity contribution is -0.908. The number of nitrogens with zero attached hydrogens (tertiary/aromatic N) is 3. The highest BCUT2D eigenvalue weighted by atomic mass is 16.5. The summed E-state index contributed by atoms with van der Waals surface area (Å²) in [6.07, 6.45) is 4.23. The molecule has 2 aliphatic rings. The van der Waals surface area contributed by atoms with Crippen LogP contribution in [-0.4, -0.2) is 62.4 Å².